The Morgan fingerprint density at radius 1 is 1.12 bits per heavy atom. The molecule has 0 unspecified atom stereocenters. The van der Waals surface area contributed by atoms with Gasteiger partial charge in [0.2, 0.25) is 5.91 Å². The number of sulfone groups is 1. The van der Waals surface area contributed by atoms with Gasteiger partial charge in [0.25, 0.3) is 11.8 Å². The van der Waals surface area contributed by atoms with Gasteiger partial charge in [-0.1, -0.05) is 0 Å². The maximum Gasteiger partial charge on any atom is 0.352 e. The van der Waals surface area contributed by atoms with Crippen LogP contribution in [0.1, 0.15) is 33.1 Å². The average Bonchev–Trinajstić information content (AvgIpc) is 2.81. The number of nitrogens with zero attached hydrogens (tertiary/aromatic N) is 1. The van der Waals surface area contributed by atoms with Crippen LogP contribution in [0.4, 0.5) is 0 Å². The van der Waals surface area contributed by atoms with Gasteiger partial charge in [0.15, 0.2) is 9.84 Å². The van der Waals surface area contributed by atoms with E-state index in [0.29, 0.717) is 5.06 Å². The lowest BCUT2D eigenvalue weighted by molar-refractivity contribution is -0.196. The maximum atomic E-state index is 11.7. The predicted molar refractivity (Wildman–Crippen MR) is 84.7 cm³/mol. The summed E-state index contributed by atoms with van der Waals surface area (Å²) in [6.07, 6.45) is -1.06. The molecule has 146 valence electrons. The zero-order valence-corrected chi connectivity index (χ0v) is 15.2. The van der Waals surface area contributed by atoms with E-state index in [1.165, 1.54) is 0 Å². The van der Waals surface area contributed by atoms with Gasteiger partial charge in [-0.25, -0.2) is 13.2 Å². The van der Waals surface area contributed by atoms with Crippen molar-refractivity contribution in [3.8, 4) is 0 Å². The summed E-state index contributed by atoms with van der Waals surface area (Å²) in [5.41, 5.74) is 0. The molecule has 1 N–H and O–H groups in total. The van der Waals surface area contributed by atoms with Crippen molar-refractivity contribution >= 4 is 39.5 Å². The van der Waals surface area contributed by atoms with Crippen molar-refractivity contribution < 1.29 is 42.0 Å². The second-order valence-corrected chi connectivity index (χ2v) is 7.89. The fourth-order valence-electron chi connectivity index (χ4n) is 1.85. The normalized spacial score (nSPS) is 14.5. The van der Waals surface area contributed by atoms with Crippen molar-refractivity contribution in [2.24, 2.45) is 0 Å². The number of carbonyl (C=O) groups is 5. The standard InChI is InChI=1S/C14H20N2O9S/c1-9(2)24-14(21)8-26(22,23)6-5-10(17)15-7-13(20)25-16-11(18)3-4-12(16)19/h9H,3-8H2,1-2H3,(H,15,17). The Kier molecular flexibility index (Phi) is 7.68. The number of ether oxygens (including phenoxy) is 1. The van der Waals surface area contributed by atoms with Gasteiger partial charge in [-0.2, -0.15) is 0 Å². The second-order valence-electron chi connectivity index (χ2n) is 5.70. The SMILES string of the molecule is CC(C)OC(=O)CS(=O)(=O)CCC(=O)NCC(=O)ON1C(=O)CCC1=O. The Hall–Kier alpha value is -2.50. The maximum absolute atomic E-state index is 11.7. The number of rotatable bonds is 9. The van der Waals surface area contributed by atoms with Crippen LogP contribution >= 0.6 is 0 Å². The molecular weight excluding hydrogens is 372 g/mol. The van der Waals surface area contributed by atoms with Crippen LogP contribution in [0.5, 0.6) is 0 Å². The number of imide groups is 1. The summed E-state index contributed by atoms with van der Waals surface area (Å²) in [6, 6.07) is 0. The first-order valence-corrected chi connectivity index (χ1v) is 9.55. The van der Waals surface area contributed by atoms with Crippen LogP contribution in [0.15, 0.2) is 0 Å². The molecule has 0 saturated carbocycles. The van der Waals surface area contributed by atoms with Gasteiger partial charge in [0.1, 0.15) is 12.3 Å². The molecule has 1 heterocycles. The van der Waals surface area contributed by atoms with E-state index in [0.717, 1.165) is 0 Å². The molecule has 0 aromatic heterocycles. The van der Waals surface area contributed by atoms with Crippen LogP contribution in [-0.4, -0.2) is 67.3 Å². The molecule has 1 saturated heterocycles. The van der Waals surface area contributed by atoms with Crippen molar-refractivity contribution in [3.63, 3.8) is 0 Å². The number of amides is 3. The predicted octanol–water partition coefficient (Wildman–Crippen LogP) is -1.53. The van der Waals surface area contributed by atoms with E-state index in [1.807, 2.05) is 0 Å². The lowest BCUT2D eigenvalue weighted by Gasteiger charge is -2.12. The van der Waals surface area contributed by atoms with Gasteiger partial charge in [-0.05, 0) is 13.8 Å². The van der Waals surface area contributed by atoms with Crippen LogP contribution in [-0.2, 0) is 43.4 Å². The van der Waals surface area contributed by atoms with Gasteiger partial charge < -0.3 is 14.9 Å². The highest BCUT2D eigenvalue weighted by Gasteiger charge is 2.32. The third kappa shape index (κ3) is 7.59. The van der Waals surface area contributed by atoms with Crippen molar-refractivity contribution in [1.29, 1.82) is 0 Å². The molecule has 0 aromatic rings. The minimum atomic E-state index is -3.84. The van der Waals surface area contributed by atoms with E-state index >= 15 is 0 Å². The quantitative estimate of drug-likeness (QED) is 0.363. The molecule has 0 atom stereocenters. The average molecular weight is 392 g/mol. The smallest absolute Gasteiger partial charge is 0.352 e. The molecule has 1 fully saturated rings. The lowest BCUT2D eigenvalue weighted by atomic mass is 10.4. The van der Waals surface area contributed by atoms with E-state index in [2.05, 4.69) is 10.2 Å². The Labute approximate surface area is 149 Å². The molecule has 1 aliphatic rings. The van der Waals surface area contributed by atoms with E-state index in [4.69, 9.17) is 4.74 Å². The summed E-state index contributed by atoms with van der Waals surface area (Å²) in [4.78, 5) is 61.4. The Morgan fingerprint density at radius 2 is 1.69 bits per heavy atom. The van der Waals surface area contributed by atoms with E-state index in [1.54, 1.807) is 13.8 Å². The van der Waals surface area contributed by atoms with E-state index in [-0.39, 0.29) is 12.8 Å². The minimum Gasteiger partial charge on any atom is -0.462 e. The molecule has 0 aromatic carbocycles. The molecule has 3 amide bonds. The van der Waals surface area contributed by atoms with Gasteiger partial charge in [-0.3, -0.25) is 19.2 Å². The summed E-state index contributed by atoms with van der Waals surface area (Å²) >= 11 is 0. The van der Waals surface area contributed by atoms with Crippen molar-refractivity contribution in [1.82, 2.24) is 10.4 Å². The molecule has 26 heavy (non-hydrogen) atoms. The summed E-state index contributed by atoms with van der Waals surface area (Å²) in [7, 11) is -3.84. The zero-order chi connectivity index (χ0) is 19.9. The Morgan fingerprint density at radius 3 is 2.23 bits per heavy atom. The molecule has 1 rings (SSSR count). The van der Waals surface area contributed by atoms with Gasteiger partial charge in [-0.15, -0.1) is 5.06 Å². The molecular formula is C14H20N2O9S. The summed E-state index contributed by atoms with van der Waals surface area (Å²) in [6.45, 7) is 2.49. The largest absolute Gasteiger partial charge is 0.462 e. The van der Waals surface area contributed by atoms with Gasteiger partial charge in [0.05, 0.1) is 11.9 Å². The first-order valence-electron chi connectivity index (χ1n) is 7.73. The van der Waals surface area contributed by atoms with Crippen molar-refractivity contribution in [2.75, 3.05) is 18.1 Å². The van der Waals surface area contributed by atoms with Crippen LogP contribution < -0.4 is 5.32 Å². The number of hydrogen-bond donors (Lipinski definition) is 1. The van der Waals surface area contributed by atoms with Crippen LogP contribution in [0, 0.1) is 0 Å². The number of esters is 1. The molecule has 0 spiro atoms. The van der Waals surface area contributed by atoms with Crippen molar-refractivity contribution in [2.45, 2.75) is 39.2 Å². The van der Waals surface area contributed by atoms with Crippen LogP contribution in [0.3, 0.4) is 0 Å². The fraction of sp³-hybridized carbons (Fsp3) is 0.643. The van der Waals surface area contributed by atoms with E-state index < -0.39 is 70.1 Å². The first-order chi connectivity index (χ1) is 12.0. The highest BCUT2D eigenvalue weighted by atomic mass is 32.2. The monoisotopic (exact) mass is 392 g/mol. The Bertz CT molecular complexity index is 683. The molecule has 12 heteroatoms. The van der Waals surface area contributed by atoms with Gasteiger partial charge >= 0.3 is 11.9 Å². The van der Waals surface area contributed by atoms with Gasteiger partial charge in [0, 0.05) is 19.3 Å². The number of nitrogens with one attached hydrogen (secondary N) is 1. The first kappa shape index (κ1) is 21.5. The topological polar surface area (TPSA) is 153 Å². The lowest BCUT2D eigenvalue weighted by Crippen LogP contribution is -2.38. The molecule has 0 aliphatic carbocycles. The minimum absolute atomic E-state index is 0.0599. The zero-order valence-electron chi connectivity index (χ0n) is 14.3. The summed E-state index contributed by atoms with van der Waals surface area (Å²) in [5, 5.41) is 2.43. The Balaban J connectivity index is 2.33. The number of hydrogen-bond acceptors (Lipinski definition) is 9. The van der Waals surface area contributed by atoms with E-state index in [9.17, 15) is 32.4 Å². The highest BCUT2D eigenvalue weighted by molar-refractivity contribution is 7.92. The van der Waals surface area contributed by atoms with Crippen LogP contribution in [0.2, 0.25) is 0 Å². The molecule has 1 aliphatic heterocycles. The summed E-state index contributed by atoms with van der Waals surface area (Å²) in [5.74, 6) is -5.51. The fourth-order valence-corrected chi connectivity index (χ4v) is 2.92. The van der Waals surface area contributed by atoms with Crippen molar-refractivity contribution in [3.05, 3.63) is 0 Å². The molecule has 0 bridgehead atoms. The third-order valence-electron chi connectivity index (χ3n) is 2.97. The second kappa shape index (κ2) is 9.27. The molecule has 0 radical (unpaired) electrons. The summed E-state index contributed by atoms with van der Waals surface area (Å²) < 4.78 is 28.1. The third-order valence-corrected chi connectivity index (χ3v) is 4.48. The van der Waals surface area contributed by atoms with Crippen LogP contribution in [0.25, 0.3) is 0 Å². The number of hydroxylamine groups is 2. The number of carbonyl (C=O) groups excluding carboxylic acids is 5. The highest BCUT2D eigenvalue weighted by Crippen LogP contribution is 2.11. The molecule has 11 nitrogen and oxygen atoms in total.